The molecule has 0 heterocycles. The molecule has 21 heavy (non-hydrogen) atoms. The molecule has 7 heteroatoms. The van der Waals surface area contributed by atoms with Gasteiger partial charge in [-0.15, -0.1) is 0 Å². The topological polar surface area (TPSA) is 97.5 Å². The predicted octanol–water partition coefficient (Wildman–Crippen LogP) is 3.12. The minimum atomic E-state index is -0.901. The van der Waals surface area contributed by atoms with Gasteiger partial charge in [0.25, 0.3) is 5.69 Å². The summed E-state index contributed by atoms with van der Waals surface area (Å²) in [6.45, 7) is 0. The van der Waals surface area contributed by atoms with Crippen molar-refractivity contribution in [1.82, 2.24) is 0 Å². The standard InChI is InChI=1S/C14H16FNO5/c15-12-8-7-10(14(16(20)21)11(12)9-17)5-3-1-2-4-6-13(18)19/h7-9H,1-6H2,(H,18,19). The zero-order valence-corrected chi connectivity index (χ0v) is 11.4. The quantitative estimate of drug-likeness (QED) is 0.327. The highest BCUT2D eigenvalue weighted by Crippen LogP contribution is 2.26. The van der Waals surface area contributed by atoms with Gasteiger partial charge < -0.3 is 5.11 Å². The van der Waals surface area contributed by atoms with E-state index < -0.39 is 28.0 Å². The van der Waals surface area contributed by atoms with E-state index in [1.807, 2.05) is 0 Å². The van der Waals surface area contributed by atoms with Gasteiger partial charge in [0.1, 0.15) is 11.4 Å². The van der Waals surface area contributed by atoms with Crippen LogP contribution in [-0.4, -0.2) is 22.3 Å². The number of benzene rings is 1. The van der Waals surface area contributed by atoms with E-state index in [2.05, 4.69) is 0 Å². The van der Waals surface area contributed by atoms with E-state index in [4.69, 9.17) is 5.11 Å². The summed E-state index contributed by atoms with van der Waals surface area (Å²) >= 11 is 0. The molecule has 0 aliphatic heterocycles. The Morgan fingerprint density at radius 3 is 2.52 bits per heavy atom. The van der Waals surface area contributed by atoms with E-state index in [0.29, 0.717) is 31.2 Å². The van der Waals surface area contributed by atoms with Crippen LogP contribution in [0.1, 0.15) is 48.0 Å². The molecule has 6 nitrogen and oxygen atoms in total. The smallest absolute Gasteiger partial charge is 0.303 e. The summed E-state index contributed by atoms with van der Waals surface area (Å²) in [5, 5.41) is 19.5. The molecule has 0 saturated carbocycles. The SMILES string of the molecule is O=Cc1c(F)ccc(CCCCCCC(=O)O)c1[N+](=O)[O-]. The predicted molar refractivity (Wildman–Crippen MR) is 72.9 cm³/mol. The monoisotopic (exact) mass is 297 g/mol. The zero-order chi connectivity index (χ0) is 15.8. The van der Waals surface area contributed by atoms with Crippen molar-refractivity contribution < 1.29 is 24.0 Å². The first kappa shape index (κ1) is 16.7. The van der Waals surface area contributed by atoms with Crippen LogP contribution in [0.15, 0.2) is 12.1 Å². The van der Waals surface area contributed by atoms with Gasteiger partial charge in [0.2, 0.25) is 0 Å². The Bertz CT molecular complexity index is 544. The number of hydrogen-bond acceptors (Lipinski definition) is 4. The normalized spacial score (nSPS) is 10.3. The highest BCUT2D eigenvalue weighted by molar-refractivity contribution is 5.82. The number of aryl methyl sites for hydroxylation is 1. The molecule has 1 N–H and O–H groups in total. The van der Waals surface area contributed by atoms with Crippen molar-refractivity contribution in [1.29, 1.82) is 0 Å². The average molecular weight is 297 g/mol. The molecule has 114 valence electrons. The summed E-state index contributed by atoms with van der Waals surface area (Å²) in [7, 11) is 0. The molecular formula is C14H16FNO5. The number of aliphatic carboxylic acids is 1. The number of carboxylic acid groups (broad SMARTS) is 1. The summed E-state index contributed by atoms with van der Waals surface area (Å²) in [5.41, 5.74) is -0.680. The second-order valence-electron chi connectivity index (χ2n) is 4.65. The van der Waals surface area contributed by atoms with Crippen molar-refractivity contribution in [2.24, 2.45) is 0 Å². The Balaban J connectivity index is 2.65. The lowest BCUT2D eigenvalue weighted by Gasteiger charge is -2.05. The van der Waals surface area contributed by atoms with Crippen LogP contribution in [0.2, 0.25) is 0 Å². The number of hydrogen-bond donors (Lipinski definition) is 1. The molecule has 0 atom stereocenters. The number of rotatable bonds is 9. The minimum Gasteiger partial charge on any atom is -0.481 e. The van der Waals surface area contributed by atoms with E-state index in [9.17, 15) is 24.1 Å². The first-order chi connectivity index (χ1) is 9.97. The van der Waals surface area contributed by atoms with Crippen LogP contribution in [-0.2, 0) is 11.2 Å². The molecule has 0 aliphatic carbocycles. The van der Waals surface area contributed by atoms with Gasteiger partial charge in [-0.3, -0.25) is 19.7 Å². The molecule has 0 spiro atoms. The van der Waals surface area contributed by atoms with Crippen molar-refractivity contribution in [3.8, 4) is 0 Å². The molecular weight excluding hydrogens is 281 g/mol. The third-order valence-electron chi connectivity index (χ3n) is 3.13. The zero-order valence-electron chi connectivity index (χ0n) is 11.4. The lowest BCUT2D eigenvalue weighted by atomic mass is 10.0. The van der Waals surface area contributed by atoms with E-state index in [-0.39, 0.29) is 12.7 Å². The molecule has 0 aliphatic rings. The lowest BCUT2D eigenvalue weighted by Crippen LogP contribution is -2.03. The molecule has 0 amide bonds. The number of nitro groups is 1. The van der Waals surface area contributed by atoms with Crippen molar-refractivity contribution >= 4 is 17.9 Å². The summed E-state index contributed by atoms with van der Waals surface area (Å²) in [4.78, 5) is 31.4. The van der Waals surface area contributed by atoms with Crippen LogP contribution in [0.4, 0.5) is 10.1 Å². The van der Waals surface area contributed by atoms with Crippen molar-refractivity contribution in [2.45, 2.75) is 38.5 Å². The van der Waals surface area contributed by atoms with Gasteiger partial charge in [-0.25, -0.2) is 4.39 Å². The second kappa shape index (κ2) is 8.08. The van der Waals surface area contributed by atoms with Gasteiger partial charge in [-0.05, 0) is 31.4 Å². The van der Waals surface area contributed by atoms with Crippen molar-refractivity contribution in [2.75, 3.05) is 0 Å². The van der Waals surface area contributed by atoms with Gasteiger partial charge in [0.05, 0.1) is 4.92 Å². The van der Waals surface area contributed by atoms with Gasteiger partial charge in [-0.2, -0.15) is 0 Å². The highest BCUT2D eigenvalue weighted by Gasteiger charge is 2.22. The highest BCUT2D eigenvalue weighted by atomic mass is 19.1. The third-order valence-corrected chi connectivity index (χ3v) is 3.13. The fourth-order valence-electron chi connectivity index (χ4n) is 2.10. The second-order valence-corrected chi connectivity index (χ2v) is 4.65. The minimum absolute atomic E-state index is 0.103. The number of halogens is 1. The van der Waals surface area contributed by atoms with Gasteiger partial charge in [0, 0.05) is 12.0 Å². The van der Waals surface area contributed by atoms with Gasteiger partial charge in [-0.1, -0.05) is 12.8 Å². The number of aldehydes is 1. The number of carboxylic acids is 1. The largest absolute Gasteiger partial charge is 0.481 e. The first-order valence-electron chi connectivity index (χ1n) is 6.60. The van der Waals surface area contributed by atoms with Crippen LogP contribution in [0.5, 0.6) is 0 Å². The number of unbranched alkanes of at least 4 members (excludes halogenated alkanes) is 3. The number of carbonyl (C=O) groups is 2. The van der Waals surface area contributed by atoms with E-state index >= 15 is 0 Å². The van der Waals surface area contributed by atoms with E-state index in [1.54, 1.807) is 0 Å². The Kier molecular flexibility index (Phi) is 6.45. The Hall–Kier alpha value is -2.31. The Labute approximate surface area is 120 Å². The van der Waals surface area contributed by atoms with E-state index in [0.717, 1.165) is 12.5 Å². The van der Waals surface area contributed by atoms with E-state index in [1.165, 1.54) is 6.07 Å². The van der Waals surface area contributed by atoms with Crippen LogP contribution in [0.3, 0.4) is 0 Å². The van der Waals surface area contributed by atoms with Crippen LogP contribution >= 0.6 is 0 Å². The maximum atomic E-state index is 13.4. The van der Waals surface area contributed by atoms with Crippen LogP contribution in [0, 0.1) is 15.9 Å². The summed E-state index contributed by atoms with van der Waals surface area (Å²) < 4.78 is 13.4. The summed E-state index contributed by atoms with van der Waals surface area (Å²) in [6.07, 6.45) is 3.21. The molecule has 0 saturated heterocycles. The van der Waals surface area contributed by atoms with Crippen molar-refractivity contribution in [3.05, 3.63) is 39.2 Å². The average Bonchev–Trinajstić information content (AvgIpc) is 2.42. The van der Waals surface area contributed by atoms with Crippen molar-refractivity contribution in [3.63, 3.8) is 0 Å². The first-order valence-corrected chi connectivity index (χ1v) is 6.60. The fourth-order valence-corrected chi connectivity index (χ4v) is 2.10. The summed E-state index contributed by atoms with van der Waals surface area (Å²) in [5.74, 6) is -1.75. The van der Waals surface area contributed by atoms with Crippen LogP contribution < -0.4 is 0 Å². The maximum absolute atomic E-state index is 13.4. The van der Waals surface area contributed by atoms with Gasteiger partial charge >= 0.3 is 5.97 Å². The number of nitro benzene ring substituents is 1. The van der Waals surface area contributed by atoms with Gasteiger partial charge in [0.15, 0.2) is 6.29 Å². The third kappa shape index (κ3) is 4.94. The molecule has 0 fully saturated rings. The summed E-state index contributed by atoms with van der Waals surface area (Å²) in [6, 6.07) is 2.37. The molecule has 1 aromatic carbocycles. The molecule has 0 unspecified atom stereocenters. The number of carbonyl (C=O) groups excluding carboxylic acids is 1. The number of nitrogens with zero attached hydrogens (tertiary/aromatic N) is 1. The lowest BCUT2D eigenvalue weighted by molar-refractivity contribution is -0.385. The Morgan fingerprint density at radius 1 is 1.29 bits per heavy atom. The molecule has 0 bridgehead atoms. The molecule has 1 rings (SSSR count). The maximum Gasteiger partial charge on any atom is 0.303 e. The fraction of sp³-hybridized carbons (Fsp3) is 0.429. The molecule has 1 aromatic rings. The molecule has 0 aromatic heterocycles. The molecule has 0 radical (unpaired) electrons. The Morgan fingerprint density at radius 2 is 1.95 bits per heavy atom. The van der Waals surface area contributed by atoms with Crippen LogP contribution in [0.25, 0.3) is 0 Å².